The maximum absolute atomic E-state index is 13.8. The second-order valence-corrected chi connectivity index (χ2v) is 4.48. The van der Waals surface area contributed by atoms with Crippen molar-refractivity contribution in [2.75, 3.05) is 0 Å². The van der Waals surface area contributed by atoms with Gasteiger partial charge in [-0.15, -0.1) is 0 Å². The van der Waals surface area contributed by atoms with Gasteiger partial charge in [-0.2, -0.15) is 13.2 Å². The monoisotopic (exact) mass is 298 g/mol. The predicted octanol–water partition coefficient (Wildman–Crippen LogP) is 4.52. The van der Waals surface area contributed by atoms with Crippen LogP contribution in [0.15, 0.2) is 36.4 Å². The van der Waals surface area contributed by atoms with E-state index in [1.807, 2.05) is 0 Å². The molecule has 1 N–H and O–H groups in total. The summed E-state index contributed by atoms with van der Waals surface area (Å²) in [5.41, 5.74) is -1.69. The third-order valence-electron chi connectivity index (χ3n) is 3.11. The number of carbonyl (C=O) groups is 1. The minimum Gasteiger partial charge on any atom is -0.478 e. The van der Waals surface area contributed by atoms with Gasteiger partial charge in [0.05, 0.1) is 11.1 Å². The fourth-order valence-electron chi connectivity index (χ4n) is 2.05. The van der Waals surface area contributed by atoms with E-state index in [0.717, 1.165) is 18.2 Å². The second kappa shape index (κ2) is 5.20. The molecule has 0 aliphatic carbocycles. The highest BCUT2D eigenvalue weighted by molar-refractivity contribution is 5.90. The van der Waals surface area contributed by atoms with E-state index in [-0.39, 0.29) is 16.7 Å². The van der Waals surface area contributed by atoms with Gasteiger partial charge in [-0.1, -0.05) is 18.2 Å². The lowest BCUT2D eigenvalue weighted by Crippen LogP contribution is -2.08. The van der Waals surface area contributed by atoms with Crippen LogP contribution in [0.5, 0.6) is 0 Å². The lowest BCUT2D eigenvalue weighted by atomic mass is 9.93. The minimum atomic E-state index is -4.61. The minimum absolute atomic E-state index is 0.0308. The third-order valence-corrected chi connectivity index (χ3v) is 3.11. The quantitative estimate of drug-likeness (QED) is 0.828. The molecule has 0 fully saturated rings. The van der Waals surface area contributed by atoms with Crippen LogP contribution < -0.4 is 0 Å². The molecule has 0 amide bonds. The van der Waals surface area contributed by atoms with Crippen LogP contribution in [0.25, 0.3) is 11.1 Å². The largest absolute Gasteiger partial charge is 0.478 e. The molecule has 2 aromatic rings. The number of rotatable bonds is 2. The Bertz CT molecular complexity index is 705. The highest BCUT2D eigenvalue weighted by Gasteiger charge is 2.33. The van der Waals surface area contributed by atoms with Crippen LogP contribution in [-0.4, -0.2) is 11.1 Å². The number of hydrogen-bond acceptors (Lipinski definition) is 1. The number of carboxylic acid groups (broad SMARTS) is 1. The first-order chi connectivity index (χ1) is 9.71. The van der Waals surface area contributed by atoms with E-state index in [9.17, 15) is 22.4 Å². The fourth-order valence-corrected chi connectivity index (χ4v) is 2.05. The van der Waals surface area contributed by atoms with Crippen LogP contribution in [-0.2, 0) is 6.18 Å². The summed E-state index contributed by atoms with van der Waals surface area (Å²) in [6.07, 6.45) is -4.61. The van der Waals surface area contributed by atoms with E-state index in [2.05, 4.69) is 0 Å². The number of alkyl halides is 3. The summed E-state index contributed by atoms with van der Waals surface area (Å²) in [7, 11) is 0. The van der Waals surface area contributed by atoms with Crippen LogP contribution in [0.3, 0.4) is 0 Å². The molecule has 0 aliphatic heterocycles. The molecule has 2 aromatic carbocycles. The summed E-state index contributed by atoms with van der Waals surface area (Å²) in [6, 6.07) is 6.51. The van der Waals surface area contributed by atoms with Gasteiger partial charge in [-0.3, -0.25) is 0 Å². The molecule has 2 rings (SSSR count). The molecule has 0 aliphatic rings. The SMILES string of the molecule is Cc1c(F)cc(C(=O)O)cc1-c1ccccc1C(F)(F)F. The van der Waals surface area contributed by atoms with E-state index in [0.29, 0.717) is 0 Å². The zero-order chi connectivity index (χ0) is 15.8. The van der Waals surface area contributed by atoms with Gasteiger partial charge in [0.15, 0.2) is 0 Å². The molecule has 0 saturated heterocycles. The second-order valence-electron chi connectivity index (χ2n) is 4.48. The molecule has 21 heavy (non-hydrogen) atoms. The molecule has 110 valence electrons. The maximum atomic E-state index is 13.8. The van der Waals surface area contributed by atoms with Crippen LogP contribution >= 0.6 is 0 Å². The number of carboxylic acids is 1. The summed E-state index contributed by atoms with van der Waals surface area (Å²) in [6.45, 7) is 1.31. The highest BCUT2D eigenvalue weighted by Crippen LogP contribution is 2.38. The van der Waals surface area contributed by atoms with E-state index >= 15 is 0 Å². The van der Waals surface area contributed by atoms with Gasteiger partial charge in [0, 0.05) is 0 Å². The lowest BCUT2D eigenvalue weighted by molar-refractivity contribution is -0.137. The Morgan fingerprint density at radius 2 is 1.71 bits per heavy atom. The van der Waals surface area contributed by atoms with E-state index < -0.39 is 29.1 Å². The summed E-state index contributed by atoms with van der Waals surface area (Å²) in [4.78, 5) is 10.9. The zero-order valence-corrected chi connectivity index (χ0v) is 10.8. The average Bonchev–Trinajstić information content (AvgIpc) is 2.40. The van der Waals surface area contributed by atoms with Crippen molar-refractivity contribution >= 4 is 5.97 Å². The van der Waals surface area contributed by atoms with Gasteiger partial charge < -0.3 is 5.11 Å². The molecule has 0 bridgehead atoms. The molecular weight excluding hydrogens is 288 g/mol. The van der Waals surface area contributed by atoms with Gasteiger partial charge in [0.2, 0.25) is 0 Å². The fraction of sp³-hybridized carbons (Fsp3) is 0.133. The van der Waals surface area contributed by atoms with Crippen LogP contribution in [0.4, 0.5) is 17.6 Å². The first-order valence-corrected chi connectivity index (χ1v) is 5.92. The summed E-state index contributed by atoms with van der Waals surface area (Å²) in [5, 5.41) is 8.91. The van der Waals surface area contributed by atoms with Crippen molar-refractivity contribution in [1.82, 2.24) is 0 Å². The zero-order valence-electron chi connectivity index (χ0n) is 10.8. The van der Waals surface area contributed by atoms with E-state index in [1.165, 1.54) is 25.1 Å². The summed E-state index contributed by atoms with van der Waals surface area (Å²) < 4.78 is 52.8. The molecule has 2 nitrogen and oxygen atoms in total. The molecule has 0 saturated carbocycles. The highest BCUT2D eigenvalue weighted by atomic mass is 19.4. The Kier molecular flexibility index (Phi) is 3.72. The average molecular weight is 298 g/mol. The standard InChI is InChI=1S/C15H10F4O2/c1-8-11(6-9(14(20)21)7-13(8)16)10-4-2-3-5-12(10)15(17,18)19/h2-7H,1H3,(H,20,21). The number of halogens is 4. The van der Waals surface area contributed by atoms with Gasteiger partial charge in [-0.05, 0) is 41.8 Å². The first kappa shape index (κ1) is 15.0. The molecule has 0 spiro atoms. The number of benzene rings is 2. The van der Waals surface area contributed by atoms with Crippen molar-refractivity contribution in [3.63, 3.8) is 0 Å². The third kappa shape index (κ3) is 2.89. The van der Waals surface area contributed by atoms with Crippen molar-refractivity contribution < 1.29 is 27.5 Å². The Morgan fingerprint density at radius 1 is 1.10 bits per heavy atom. The van der Waals surface area contributed by atoms with Gasteiger partial charge >= 0.3 is 12.1 Å². The first-order valence-electron chi connectivity index (χ1n) is 5.92. The Morgan fingerprint density at radius 3 is 2.29 bits per heavy atom. The van der Waals surface area contributed by atoms with Crippen LogP contribution in [0.2, 0.25) is 0 Å². The Balaban J connectivity index is 2.76. The Hall–Kier alpha value is -2.37. The molecule has 0 unspecified atom stereocenters. The predicted molar refractivity (Wildman–Crippen MR) is 68.5 cm³/mol. The van der Waals surface area contributed by atoms with Crippen LogP contribution in [0.1, 0.15) is 21.5 Å². The van der Waals surface area contributed by atoms with Crippen LogP contribution in [0, 0.1) is 12.7 Å². The van der Waals surface area contributed by atoms with Crippen molar-refractivity contribution in [3.8, 4) is 11.1 Å². The number of hydrogen-bond donors (Lipinski definition) is 1. The smallest absolute Gasteiger partial charge is 0.417 e. The molecule has 0 aromatic heterocycles. The maximum Gasteiger partial charge on any atom is 0.417 e. The molecule has 0 heterocycles. The van der Waals surface area contributed by atoms with Gasteiger partial charge in [0.1, 0.15) is 5.82 Å². The number of aromatic carboxylic acids is 1. The van der Waals surface area contributed by atoms with Gasteiger partial charge in [-0.25, -0.2) is 9.18 Å². The van der Waals surface area contributed by atoms with E-state index in [4.69, 9.17) is 5.11 Å². The van der Waals surface area contributed by atoms with E-state index in [1.54, 1.807) is 0 Å². The normalized spacial score (nSPS) is 11.5. The summed E-state index contributed by atoms with van der Waals surface area (Å²) in [5.74, 6) is -2.26. The van der Waals surface area contributed by atoms with Crippen molar-refractivity contribution in [2.24, 2.45) is 0 Å². The molecule has 0 atom stereocenters. The Labute approximate surface area is 117 Å². The molecule has 6 heteroatoms. The van der Waals surface area contributed by atoms with Crippen molar-refractivity contribution in [1.29, 1.82) is 0 Å². The molecule has 0 radical (unpaired) electrons. The summed E-state index contributed by atoms with van der Waals surface area (Å²) >= 11 is 0. The topological polar surface area (TPSA) is 37.3 Å². The van der Waals surface area contributed by atoms with Crippen molar-refractivity contribution in [2.45, 2.75) is 13.1 Å². The molecular formula is C15H10F4O2. The lowest BCUT2D eigenvalue weighted by Gasteiger charge is -2.15. The van der Waals surface area contributed by atoms with Crippen molar-refractivity contribution in [3.05, 3.63) is 58.9 Å². The van der Waals surface area contributed by atoms with Gasteiger partial charge in [0.25, 0.3) is 0 Å².